The van der Waals surface area contributed by atoms with E-state index < -0.39 is 11.9 Å². The Morgan fingerprint density at radius 1 is 0.975 bits per heavy atom. The van der Waals surface area contributed by atoms with Crippen molar-refractivity contribution in [3.05, 3.63) is 116 Å². The first-order chi connectivity index (χ1) is 19.3. The number of aromatic amines is 1. The highest BCUT2D eigenvalue weighted by atomic mass is 79.9. The van der Waals surface area contributed by atoms with Crippen molar-refractivity contribution < 1.29 is 19.1 Å². The summed E-state index contributed by atoms with van der Waals surface area (Å²) in [6, 6.07) is 24.2. The molecular weight excluding hydrogens is 617 g/mol. The average molecular weight is 637 g/mol. The normalized spacial score (nSPS) is 11.1. The Balaban J connectivity index is 1.41. The van der Waals surface area contributed by atoms with Crippen LogP contribution in [0.3, 0.4) is 0 Å². The van der Waals surface area contributed by atoms with Crippen LogP contribution in [0.5, 0.6) is 11.5 Å². The molecule has 0 saturated carbocycles. The third-order valence-corrected chi connectivity index (χ3v) is 7.06. The number of ether oxygens (including phenoxy) is 2. The molecule has 1 aromatic heterocycles. The summed E-state index contributed by atoms with van der Waals surface area (Å²) in [6.45, 7) is 0. The van der Waals surface area contributed by atoms with Crippen LogP contribution in [0.25, 0.3) is 22.0 Å². The van der Waals surface area contributed by atoms with E-state index in [4.69, 9.17) is 32.7 Å². The summed E-state index contributed by atoms with van der Waals surface area (Å²) in [5.41, 5.74) is 5.63. The Morgan fingerprint density at radius 3 is 2.50 bits per heavy atom. The first-order valence-corrected chi connectivity index (χ1v) is 13.4. The van der Waals surface area contributed by atoms with Gasteiger partial charge in [-0.05, 0) is 66.7 Å². The lowest BCUT2D eigenvalue weighted by molar-refractivity contribution is 0.0734. The minimum absolute atomic E-state index is 0.263. The first-order valence-electron chi connectivity index (χ1n) is 11.9. The molecule has 0 aliphatic heterocycles. The van der Waals surface area contributed by atoms with E-state index in [0.29, 0.717) is 43.6 Å². The molecule has 0 spiro atoms. The minimum atomic E-state index is -0.551. The summed E-state index contributed by atoms with van der Waals surface area (Å²) < 4.78 is 11.5. The van der Waals surface area contributed by atoms with Crippen molar-refractivity contribution in [3.63, 3.8) is 0 Å². The molecule has 0 aliphatic rings. The number of carbonyl (C=O) groups is 2. The van der Waals surface area contributed by atoms with Crippen molar-refractivity contribution in [1.29, 1.82) is 0 Å². The maximum Gasteiger partial charge on any atom is 0.343 e. The second-order valence-corrected chi connectivity index (χ2v) is 10.3. The van der Waals surface area contributed by atoms with Gasteiger partial charge in [-0.25, -0.2) is 10.2 Å². The lowest BCUT2D eigenvalue weighted by Crippen LogP contribution is -2.19. The van der Waals surface area contributed by atoms with E-state index in [-0.39, 0.29) is 11.4 Å². The van der Waals surface area contributed by atoms with Crippen molar-refractivity contribution in [2.45, 2.75) is 0 Å². The lowest BCUT2D eigenvalue weighted by Gasteiger charge is -2.09. The van der Waals surface area contributed by atoms with Crippen molar-refractivity contribution in [2.24, 2.45) is 5.10 Å². The predicted molar refractivity (Wildman–Crippen MR) is 161 cm³/mol. The molecule has 5 aromatic rings. The van der Waals surface area contributed by atoms with Crippen LogP contribution < -0.4 is 14.9 Å². The van der Waals surface area contributed by atoms with E-state index >= 15 is 0 Å². The topological polar surface area (TPSA) is 92.8 Å². The second-order valence-electron chi connectivity index (χ2n) is 8.54. The van der Waals surface area contributed by atoms with Gasteiger partial charge in [-0.2, -0.15) is 5.10 Å². The minimum Gasteiger partial charge on any atom is -0.497 e. The zero-order valence-corrected chi connectivity index (χ0v) is 24.0. The fourth-order valence-electron chi connectivity index (χ4n) is 4.09. The summed E-state index contributed by atoms with van der Waals surface area (Å²) in [5.74, 6) is -0.159. The van der Waals surface area contributed by atoms with E-state index in [9.17, 15) is 9.59 Å². The zero-order valence-electron chi connectivity index (χ0n) is 20.9. The van der Waals surface area contributed by atoms with E-state index in [0.717, 1.165) is 9.86 Å². The predicted octanol–water partition coefficient (Wildman–Crippen LogP) is 7.90. The largest absolute Gasteiger partial charge is 0.497 e. The van der Waals surface area contributed by atoms with Gasteiger partial charge in [0.2, 0.25) is 0 Å². The number of hydrazone groups is 1. The smallest absolute Gasteiger partial charge is 0.343 e. The van der Waals surface area contributed by atoms with Crippen LogP contribution in [-0.2, 0) is 0 Å². The Hall–Kier alpha value is -4.11. The van der Waals surface area contributed by atoms with E-state index in [1.54, 1.807) is 73.8 Å². The first kappa shape index (κ1) is 27.5. The summed E-state index contributed by atoms with van der Waals surface area (Å²) in [4.78, 5) is 29.2. The second kappa shape index (κ2) is 12.0. The molecule has 2 N–H and O–H groups in total. The van der Waals surface area contributed by atoms with Crippen LogP contribution in [0.4, 0.5) is 0 Å². The lowest BCUT2D eigenvalue weighted by atomic mass is 10.0. The van der Waals surface area contributed by atoms with Gasteiger partial charge < -0.3 is 14.5 Å². The highest BCUT2D eigenvalue weighted by Gasteiger charge is 2.21. The molecule has 0 aliphatic carbocycles. The van der Waals surface area contributed by atoms with Crippen LogP contribution in [0.1, 0.15) is 26.4 Å². The molecule has 4 aromatic carbocycles. The quantitative estimate of drug-likeness (QED) is 0.0822. The van der Waals surface area contributed by atoms with E-state index in [1.807, 2.05) is 18.2 Å². The number of esters is 1. The number of halogens is 3. The van der Waals surface area contributed by atoms with E-state index in [2.05, 4.69) is 31.4 Å². The molecule has 1 amide bonds. The molecule has 0 atom stereocenters. The molecule has 1 heterocycles. The standard InChI is InChI=1S/C30H20BrCl2N3O4/c1-39-21-10-6-17(7-11-21)30(38)40-26-13-8-19(31)14-18(26)16-34-36-29(37)28-27(22-4-2-3-5-24(22)33)23-15-20(32)9-12-25(23)35-28/h2-16,35H,1H3,(H,36,37). The maximum absolute atomic E-state index is 13.3. The Morgan fingerprint density at radius 2 is 1.75 bits per heavy atom. The molecule has 200 valence electrons. The van der Waals surface area contributed by atoms with Crippen LogP contribution >= 0.6 is 39.1 Å². The van der Waals surface area contributed by atoms with Gasteiger partial charge in [0, 0.05) is 42.1 Å². The molecule has 0 saturated heterocycles. The van der Waals surface area contributed by atoms with Gasteiger partial charge in [0.1, 0.15) is 17.2 Å². The number of aromatic nitrogens is 1. The van der Waals surface area contributed by atoms with Crippen LogP contribution in [-0.4, -0.2) is 30.2 Å². The number of amides is 1. The number of hydrogen-bond donors (Lipinski definition) is 2. The van der Waals surface area contributed by atoms with Gasteiger partial charge >= 0.3 is 5.97 Å². The van der Waals surface area contributed by atoms with Crippen LogP contribution in [0, 0.1) is 0 Å². The van der Waals surface area contributed by atoms with Gasteiger partial charge in [-0.1, -0.05) is 57.3 Å². The molecule has 7 nitrogen and oxygen atoms in total. The van der Waals surface area contributed by atoms with Crippen molar-refractivity contribution in [1.82, 2.24) is 10.4 Å². The molecule has 5 rings (SSSR count). The number of rotatable bonds is 7. The van der Waals surface area contributed by atoms with Gasteiger partial charge in [-0.15, -0.1) is 0 Å². The molecule has 0 radical (unpaired) electrons. The number of methoxy groups -OCH3 is 1. The molecular formula is C30H20BrCl2N3O4. The number of carbonyl (C=O) groups excluding carboxylic acids is 2. The highest BCUT2D eigenvalue weighted by molar-refractivity contribution is 9.10. The van der Waals surface area contributed by atoms with Gasteiger partial charge in [0.25, 0.3) is 5.91 Å². The van der Waals surface area contributed by atoms with Crippen molar-refractivity contribution >= 4 is 68.1 Å². The molecule has 0 bridgehead atoms. The van der Waals surface area contributed by atoms with Crippen molar-refractivity contribution in [2.75, 3.05) is 7.11 Å². The zero-order chi connectivity index (χ0) is 28.2. The monoisotopic (exact) mass is 635 g/mol. The number of nitrogens with zero attached hydrogens (tertiary/aromatic N) is 1. The Kier molecular flexibility index (Phi) is 8.21. The van der Waals surface area contributed by atoms with Gasteiger partial charge in [0.15, 0.2) is 0 Å². The molecule has 0 fully saturated rings. The average Bonchev–Trinajstić information content (AvgIpc) is 3.33. The number of H-pyrrole nitrogens is 1. The third kappa shape index (κ3) is 5.89. The highest BCUT2D eigenvalue weighted by Crippen LogP contribution is 2.37. The maximum atomic E-state index is 13.3. The summed E-state index contributed by atoms with van der Waals surface area (Å²) in [6.07, 6.45) is 1.40. The molecule has 40 heavy (non-hydrogen) atoms. The molecule has 10 heteroatoms. The number of hydrogen-bond acceptors (Lipinski definition) is 5. The summed E-state index contributed by atoms with van der Waals surface area (Å²) in [5, 5.41) is 5.89. The Bertz CT molecular complexity index is 1770. The van der Waals surface area contributed by atoms with Crippen molar-refractivity contribution in [3.8, 4) is 22.6 Å². The number of nitrogens with one attached hydrogen (secondary N) is 2. The SMILES string of the molecule is COc1ccc(C(=O)Oc2ccc(Br)cc2C=NNC(=O)c2[nH]c3ccc(Cl)cc3c2-c2ccccc2Cl)cc1. The fourth-order valence-corrected chi connectivity index (χ4v) is 4.87. The third-order valence-electron chi connectivity index (χ3n) is 6.00. The molecule has 0 unspecified atom stereocenters. The summed E-state index contributed by atoms with van der Waals surface area (Å²) in [7, 11) is 1.55. The fraction of sp³-hybridized carbons (Fsp3) is 0.0333. The summed E-state index contributed by atoms with van der Waals surface area (Å²) >= 11 is 16.2. The van der Waals surface area contributed by atoms with E-state index in [1.165, 1.54) is 6.21 Å². The number of benzene rings is 4. The van der Waals surface area contributed by atoms with Gasteiger partial charge in [-0.3, -0.25) is 4.79 Å². The van der Waals surface area contributed by atoms with Crippen LogP contribution in [0.2, 0.25) is 10.0 Å². The Labute approximate surface area is 247 Å². The van der Waals surface area contributed by atoms with Crippen LogP contribution in [0.15, 0.2) is 94.5 Å². The number of fused-ring (bicyclic) bond motifs is 1. The van der Waals surface area contributed by atoms with Gasteiger partial charge in [0.05, 0.1) is 18.9 Å².